The van der Waals surface area contributed by atoms with Gasteiger partial charge in [-0.2, -0.15) is 0 Å². The third kappa shape index (κ3) is 3.11. The van der Waals surface area contributed by atoms with E-state index in [4.69, 9.17) is 5.11 Å². The summed E-state index contributed by atoms with van der Waals surface area (Å²) in [6, 6.07) is 4.84. The standard InChI is InChI=1S/C13H13FN2O4/c14-10-3-1-9(2-4-10)7-15-11(8-16(19)20)5-6-12(15)13(17)18/h1-4,8,12H,5-7H2,(H,17,18). The van der Waals surface area contributed by atoms with E-state index in [2.05, 4.69) is 0 Å². The molecule has 1 saturated heterocycles. The molecule has 1 aromatic rings. The number of carbonyl (C=O) groups is 1. The second-order valence-electron chi connectivity index (χ2n) is 4.55. The second kappa shape index (κ2) is 5.68. The van der Waals surface area contributed by atoms with Crippen LogP contribution in [0, 0.1) is 15.9 Å². The van der Waals surface area contributed by atoms with Crippen molar-refractivity contribution in [2.75, 3.05) is 0 Å². The van der Waals surface area contributed by atoms with Gasteiger partial charge in [0.05, 0.1) is 10.6 Å². The van der Waals surface area contributed by atoms with Crippen molar-refractivity contribution in [3.8, 4) is 0 Å². The number of likely N-dealkylation sites (tertiary alicyclic amines) is 1. The number of benzene rings is 1. The van der Waals surface area contributed by atoms with Crippen LogP contribution in [0.15, 0.2) is 36.2 Å². The zero-order valence-electron chi connectivity index (χ0n) is 10.5. The number of hydrogen-bond donors (Lipinski definition) is 1. The number of halogens is 1. The molecule has 1 aromatic carbocycles. The molecule has 1 fully saturated rings. The summed E-state index contributed by atoms with van der Waals surface area (Å²) in [5.41, 5.74) is 1.08. The van der Waals surface area contributed by atoms with E-state index in [9.17, 15) is 19.3 Å². The van der Waals surface area contributed by atoms with Gasteiger partial charge in [0, 0.05) is 6.54 Å². The van der Waals surface area contributed by atoms with E-state index in [1.807, 2.05) is 0 Å². The number of hydrogen-bond acceptors (Lipinski definition) is 4. The van der Waals surface area contributed by atoms with Crippen LogP contribution >= 0.6 is 0 Å². The Hall–Kier alpha value is -2.44. The van der Waals surface area contributed by atoms with Gasteiger partial charge in [0.15, 0.2) is 0 Å². The number of nitro groups is 1. The molecule has 0 spiro atoms. The van der Waals surface area contributed by atoms with Crippen LogP contribution in [0.1, 0.15) is 18.4 Å². The minimum absolute atomic E-state index is 0.205. The zero-order valence-corrected chi connectivity index (χ0v) is 10.5. The molecule has 0 saturated carbocycles. The Balaban J connectivity index is 2.24. The Bertz CT molecular complexity index is 556. The average molecular weight is 280 g/mol. The summed E-state index contributed by atoms with van der Waals surface area (Å²) < 4.78 is 12.8. The number of rotatable bonds is 4. The molecule has 7 heteroatoms. The molecule has 6 nitrogen and oxygen atoms in total. The van der Waals surface area contributed by atoms with E-state index in [0.717, 1.165) is 6.20 Å². The first-order valence-corrected chi connectivity index (χ1v) is 6.05. The Kier molecular flexibility index (Phi) is 3.97. The largest absolute Gasteiger partial charge is 0.480 e. The number of carboxylic acid groups (broad SMARTS) is 1. The first-order chi connectivity index (χ1) is 9.47. The highest BCUT2D eigenvalue weighted by Crippen LogP contribution is 2.29. The molecule has 1 aliphatic heterocycles. The average Bonchev–Trinajstić information content (AvgIpc) is 2.74. The van der Waals surface area contributed by atoms with Crippen LogP contribution in [0.3, 0.4) is 0 Å². The summed E-state index contributed by atoms with van der Waals surface area (Å²) >= 11 is 0. The van der Waals surface area contributed by atoms with Gasteiger partial charge in [0.2, 0.25) is 0 Å². The van der Waals surface area contributed by atoms with Gasteiger partial charge in [0.1, 0.15) is 11.9 Å². The van der Waals surface area contributed by atoms with Crippen LogP contribution in [0.4, 0.5) is 4.39 Å². The van der Waals surface area contributed by atoms with Crippen molar-refractivity contribution in [3.05, 3.63) is 57.7 Å². The summed E-state index contributed by atoms with van der Waals surface area (Å²) in [5.74, 6) is -1.40. The van der Waals surface area contributed by atoms with Crippen LogP contribution in [0.2, 0.25) is 0 Å². The predicted octanol–water partition coefficient (Wildman–Crippen LogP) is 1.99. The maximum absolute atomic E-state index is 12.8. The Labute approximate surface area is 114 Å². The molecule has 106 valence electrons. The molecule has 0 amide bonds. The van der Waals surface area contributed by atoms with Gasteiger partial charge >= 0.3 is 5.97 Å². The van der Waals surface area contributed by atoms with Gasteiger partial charge in [-0.1, -0.05) is 12.1 Å². The molecule has 0 bridgehead atoms. The van der Waals surface area contributed by atoms with Crippen LogP contribution in [-0.4, -0.2) is 26.9 Å². The molecule has 1 heterocycles. The van der Waals surface area contributed by atoms with E-state index < -0.39 is 16.9 Å². The number of carboxylic acids is 1. The van der Waals surface area contributed by atoms with Crippen LogP contribution in [-0.2, 0) is 11.3 Å². The quantitative estimate of drug-likeness (QED) is 0.673. The summed E-state index contributed by atoms with van der Waals surface area (Å²) in [5, 5.41) is 19.7. The fourth-order valence-electron chi connectivity index (χ4n) is 2.30. The molecule has 1 aliphatic rings. The monoisotopic (exact) mass is 280 g/mol. The Morgan fingerprint density at radius 1 is 1.50 bits per heavy atom. The third-order valence-electron chi connectivity index (χ3n) is 3.22. The highest BCUT2D eigenvalue weighted by Gasteiger charge is 2.34. The van der Waals surface area contributed by atoms with E-state index in [-0.39, 0.29) is 12.4 Å². The van der Waals surface area contributed by atoms with Gasteiger partial charge in [-0.3, -0.25) is 10.1 Å². The van der Waals surface area contributed by atoms with Crippen LogP contribution < -0.4 is 0 Å². The third-order valence-corrected chi connectivity index (χ3v) is 3.22. The van der Waals surface area contributed by atoms with Crippen molar-refractivity contribution in [1.29, 1.82) is 0 Å². The SMILES string of the molecule is O=C(O)C1CCC(=C[N+](=O)[O-])N1Cc1ccc(F)cc1. The van der Waals surface area contributed by atoms with Crippen molar-refractivity contribution in [2.24, 2.45) is 0 Å². The lowest BCUT2D eigenvalue weighted by atomic mass is 10.2. The topological polar surface area (TPSA) is 83.7 Å². The normalized spacial score (nSPS) is 20.4. The van der Waals surface area contributed by atoms with E-state index in [1.165, 1.54) is 29.2 Å². The summed E-state index contributed by atoms with van der Waals surface area (Å²) in [6.45, 7) is 0.205. The zero-order chi connectivity index (χ0) is 14.7. The Morgan fingerprint density at radius 2 is 2.15 bits per heavy atom. The van der Waals surface area contributed by atoms with E-state index in [0.29, 0.717) is 24.1 Å². The van der Waals surface area contributed by atoms with Crippen LogP contribution in [0.5, 0.6) is 0 Å². The van der Waals surface area contributed by atoms with Gasteiger partial charge in [0.25, 0.3) is 6.20 Å². The lowest BCUT2D eigenvalue weighted by Crippen LogP contribution is -2.34. The van der Waals surface area contributed by atoms with Crippen molar-refractivity contribution in [3.63, 3.8) is 0 Å². The molecule has 1 N–H and O–H groups in total. The lowest BCUT2D eigenvalue weighted by Gasteiger charge is -2.24. The molecule has 1 atom stereocenters. The smallest absolute Gasteiger partial charge is 0.326 e. The van der Waals surface area contributed by atoms with Gasteiger partial charge < -0.3 is 10.0 Å². The summed E-state index contributed by atoms with van der Waals surface area (Å²) in [7, 11) is 0. The molecule has 20 heavy (non-hydrogen) atoms. The minimum Gasteiger partial charge on any atom is -0.480 e. The highest BCUT2D eigenvalue weighted by molar-refractivity contribution is 5.74. The first-order valence-electron chi connectivity index (χ1n) is 6.05. The molecule has 0 radical (unpaired) electrons. The number of aliphatic carboxylic acids is 1. The maximum atomic E-state index is 12.8. The molecule has 1 unspecified atom stereocenters. The fourth-order valence-corrected chi connectivity index (χ4v) is 2.30. The van der Waals surface area contributed by atoms with Crippen molar-refractivity contribution >= 4 is 5.97 Å². The summed E-state index contributed by atoms with van der Waals surface area (Å²) in [6.07, 6.45) is 1.52. The predicted molar refractivity (Wildman–Crippen MR) is 67.7 cm³/mol. The lowest BCUT2D eigenvalue weighted by molar-refractivity contribution is -0.404. The highest BCUT2D eigenvalue weighted by atomic mass is 19.1. The number of nitrogens with zero attached hydrogens (tertiary/aromatic N) is 2. The Morgan fingerprint density at radius 3 is 2.70 bits per heavy atom. The van der Waals surface area contributed by atoms with E-state index in [1.54, 1.807) is 0 Å². The first kappa shape index (κ1) is 14.0. The van der Waals surface area contributed by atoms with Gasteiger partial charge in [-0.15, -0.1) is 0 Å². The molecular weight excluding hydrogens is 267 g/mol. The van der Waals surface area contributed by atoms with Gasteiger partial charge in [-0.25, -0.2) is 9.18 Å². The van der Waals surface area contributed by atoms with Gasteiger partial charge in [-0.05, 0) is 30.5 Å². The van der Waals surface area contributed by atoms with Crippen molar-refractivity contribution in [1.82, 2.24) is 4.90 Å². The number of allylic oxidation sites excluding steroid dienone is 1. The molecular formula is C13H13FN2O4. The van der Waals surface area contributed by atoms with Crippen molar-refractivity contribution in [2.45, 2.75) is 25.4 Å². The second-order valence-corrected chi connectivity index (χ2v) is 4.55. The van der Waals surface area contributed by atoms with E-state index >= 15 is 0 Å². The van der Waals surface area contributed by atoms with Crippen LogP contribution in [0.25, 0.3) is 0 Å². The maximum Gasteiger partial charge on any atom is 0.326 e. The molecule has 0 aromatic heterocycles. The molecule has 0 aliphatic carbocycles. The minimum atomic E-state index is -1.01. The summed E-state index contributed by atoms with van der Waals surface area (Å²) in [4.78, 5) is 22.7. The van der Waals surface area contributed by atoms with Crippen molar-refractivity contribution < 1.29 is 19.2 Å². The molecule has 2 rings (SSSR count). The fraction of sp³-hybridized carbons (Fsp3) is 0.308.